The van der Waals surface area contributed by atoms with E-state index in [1.165, 1.54) is 36.4 Å². The van der Waals surface area contributed by atoms with E-state index >= 15 is 0 Å². The van der Waals surface area contributed by atoms with Gasteiger partial charge in [-0.3, -0.25) is 9.80 Å². The maximum absolute atomic E-state index is 6.36. The number of hydrogen-bond donors (Lipinski definition) is 0. The molecule has 0 heterocycles. The van der Waals surface area contributed by atoms with E-state index < -0.39 is 18.1 Å². The largest absolute Gasteiger partial charge is 0.404 e. The summed E-state index contributed by atoms with van der Waals surface area (Å²) in [5.41, 5.74) is 0. The van der Waals surface area contributed by atoms with Gasteiger partial charge in [-0.25, -0.2) is 0 Å². The number of hydrogen-bond acceptors (Lipinski definition) is 10. The van der Waals surface area contributed by atoms with Crippen LogP contribution in [-0.2, 0) is 8.85 Å². The fourth-order valence-corrected chi connectivity index (χ4v) is 13.3. The molecule has 4 atom stereocenters. The highest BCUT2D eigenvalue weighted by Crippen LogP contribution is 2.43. The van der Waals surface area contributed by atoms with E-state index in [0.29, 0.717) is 0 Å². The van der Waals surface area contributed by atoms with Crippen LogP contribution in [-0.4, -0.2) is 131 Å². The molecule has 0 radical (unpaired) electrons. The van der Waals surface area contributed by atoms with Gasteiger partial charge in [-0.05, 0) is 114 Å². The van der Waals surface area contributed by atoms with Gasteiger partial charge in [-0.15, -0.1) is 0 Å². The van der Waals surface area contributed by atoms with Crippen molar-refractivity contribution in [3.05, 3.63) is 0 Å². The molecule has 6 nitrogen and oxygen atoms in total. The molecule has 0 bridgehead atoms. The Morgan fingerprint density at radius 1 is 0.625 bits per heavy atom. The molecule has 0 aliphatic carbocycles. The first kappa shape index (κ1) is 33.6. The smallest absolute Gasteiger partial charge is 0.176 e. The van der Waals surface area contributed by atoms with Crippen LogP contribution in [0.4, 0.5) is 0 Å². The van der Waals surface area contributed by atoms with Crippen LogP contribution in [0, 0.1) is 0 Å². The van der Waals surface area contributed by atoms with Gasteiger partial charge in [0, 0.05) is 24.6 Å². The molecule has 0 rings (SSSR count). The first-order valence-corrected chi connectivity index (χ1v) is 21.6. The monoisotopic (exact) mass is 562 g/mol. The molecule has 4 unspecified atom stereocenters. The number of rotatable bonds is 21. The predicted molar refractivity (Wildman–Crippen MR) is 159 cm³/mol. The van der Waals surface area contributed by atoms with E-state index in [1.54, 1.807) is 0 Å². The highest BCUT2D eigenvalue weighted by atomic mass is 33.7. The molecule has 0 aromatic carbocycles. The van der Waals surface area contributed by atoms with Crippen molar-refractivity contribution in [2.45, 2.75) is 50.5 Å². The Morgan fingerprint density at radius 2 is 0.969 bits per heavy atom. The van der Waals surface area contributed by atoms with Crippen molar-refractivity contribution in [1.82, 2.24) is 19.6 Å². The molecule has 0 aromatic rings. The van der Waals surface area contributed by atoms with Crippen molar-refractivity contribution < 1.29 is 8.85 Å². The van der Waals surface area contributed by atoms with Gasteiger partial charge in [-0.1, -0.05) is 21.6 Å². The molecule has 0 aliphatic rings. The highest BCUT2D eigenvalue weighted by molar-refractivity contribution is 9.26. The predicted octanol–water partition coefficient (Wildman–Crippen LogP) is 4.08. The molecule has 0 fully saturated rings. The lowest BCUT2D eigenvalue weighted by Crippen LogP contribution is -2.42. The van der Waals surface area contributed by atoms with Crippen LogP contribution in [0.15, 0.2) is 0 Å². The molecule has 0 N–H and O–H groups in total. The second-order valence-electron chi connectivity index (χ2n) is 9.32. The van der Waals surface area contributed by atoms with Crippen LogP contribution >= 0.6 is 41.2 Å². The molecular weight excluding hydrogens is 513 g/mol. The van der Waals surface area contributed by atoms with Crippen LogP contribution in [0.3, 0.4) is 0 Å². The average molecular weight is 563 g/mol. The molecule has 194 valence electrons. The molecule has 0 saturated heterocycles. The van der Waals surface area contributed by atoms with Gasteiger partial charge in [0.1, 0.15) is 12.5 Å². The second-order valence-corrected chi connectivity index (χ2v) is 20.5. The summed E-state index contributed by atoms with van der Waals surface area (Å²) in [4.78, 5) is 8.80. The Bertz CT molecular complexity index is 406. The zero-order valence-corrected chi connectivity index (χ0v) is 27.8. The third kappa shape index (κ3) is 19.9. The van der Waals surface area contributed by atoms with Crippen molar-refractivity contribution in [3.8, 4) is 0 Å². The average Bonchev–Trinajstić information content (AvgIpc) is 2.67. The minimum Gasteiger partial charge on any atom is -0.404 e. The maximum Gasteiger partial charge on any atom is 0.176 e. The zero-order valence-electron chi connectivity index (χ0n) is 22.2. The third-order valence-electron chi connectivity index (χ3n) is 4.77. The summed E-state index contributed by atoms with van der Waals surface area (Å²) in [6.07, 6.45) is 2.97. The van der Waals surface area contributed by atoms with E-state index in [-0.39, 0.29) is 12.5 Å². The quantitative estimate of drug-likeness (QED) is 0.0883. The number of nitrogens with zero attached hydrogens (tertiary/aromatic N) is 4. The van der Waals surface area contributed by atoms with Crippen molar-refractivity contribution in [2.75, 3.05) is 81.0 Å². The first-order valence-electron chi connectivity index (χ1n) is 11.5. The zero-order chi connectivity index (χ0) is 24.5. The Kier molecular flexibility index (Phi) is 21.8. The lowest BCUT2D eigenvalue weighted by molar-refractivity contribution is 0.0396. The fraction of sp³-hybridized carbons (Fsp3) is 1.00. The Hall–Kier alpha value is 1.59. The van der Waals surface area contributed by atoms with Gasteiger partial charge in [0.2, 0.25) is 0 Å². The van der Waals surface area contributed by atoms with Crippen molar-refractivity contribution in [2.24, 2.45) is 0 Å². The van der Waals surface area contributed by atoms with E-state index in [2.05, 4.69) is 89.1 Å². The molecular formula is C20H50N4O2S4Si2. The summed E-state index contributed by atoms with van der Waals surface area (Å²) < 4.78 is 12.7. The second kappa shape index (κ2) is 20.8. The molecule has 0 aliphatic heterocycles. The molecule has 0 spiro atoms. The van der Waals surface area contributed by atoms with E-state index in [1.807, 2.05) is 41.2 Å². The van der Waals surface area contributed by atoms with Crippen molar-refractivity contribution in [1.29, 1.82) is 0 Å². The highest BCUT2D eigenvalue weighted by Gasteiger charge is 2.18. The molecule has 32 heavy (non-hydrogen) atoms. The summed E-state index contributed by atoms with van der Waals surface area (Å²) >= 11 is 0. The SMILES string of the molecule is CN(C)CC(O[SiH](C)CCCSSSSCCC[SiH](C)OC(CN(C)C)N(C)C)N(C)C. The normalized spacial score (nSPS) is 16.3. The van der Waals surface area contributed by atoms with Crippen LogP contribution in [0.2, 0.25) is 25.2 Å². The lowest BCUT2D eigenvalue weighted by Gasteiger charge is -2.30. The maximum atomic E-state index is 6.36. The van der Waals surface area contributed by atoms with Gasteiger partial charge in [0.05, 0.1) is 0 Å². The molecule has 0 aromatic heterocycles. The summed E-state index contributed by atoms with van der Waals surface area (Å²) in [7, 11) is 22.5. The van der Waals surface area contributed by atoms with Gasteiger partial charge >= 0.3 is 0 Å². The van der Waals surface area contributed by atoms with Crippen LogP contribution in [0.25, 0.3) is 0 Å². The van der Waals surface area contributed by atoms with Crippen molar-refractivity contribution >= 4 is 59.3 Å². The topological polar surface area (TPSA) is 31.4 Å². The van der Waals surface area contributed by atoms with Crippen molar-refractivity contribution in [3.63, 3.8) is 0 Å². The van der Waals surface area contributed by atoms with E-state index in [4.69, 9.17) is 8.85 Å². The molecule has 0 saturated carbocycles. The van der Waals surface area contributed by atoms with Crippen LogP contribution in [0.1, 0.15) is 12.8 Å². The van der Waals surface area contributed by atoms with Gasteiger partial charge in [0.25, 0.3) is 0 Å². The third-order valence-corrected chi connectivity index (χ3v) is 15.4. The Labute approximate surface area is 218 Å². The minimum absolute atomic E-state index is 0.221. The summed E-state index contributed by atoms with van der Waals surface area (Å²) in [5, 5.41) is 0. The Morgan fingerprint density at radius 3 is 1.25 bits per heavy atom. The van der Waals surface area contributed by atoms with Gasteiger partial charge < -0.3 is 18.7 Å². The molecule has 12 heteroatoms. The lowest BCUT2D eigenvalue weighted by atomic mass is 10.5. The summed E-state index contributed by atoms with van der Waals surface area (Å²) in [6, 6.07) is 2.51. The fourth-order valence-electron chi connectivity index (χ4n) is 2.92. The number of likely N-dealkylation sites (N-methyl/N-ethyl adjacent to an activating group) is 4. The molecule has 0 amide bonds. The first-order chi connectivity index (χ1) is 15.0. The summed E-state index contributed by atoms with van der Waals surface area (Å²) in [5.74, 6) is 2.43. The van der Waals surface area contributed by atoms with E-state index in [0.717, 1.165) is 13.1 Å². The van der Waals surface area contributed by atoms with Crippen LogP contribution in [0.5, 0.6) is 0 Å². The van der Waals surface area contributed by atoms with E-state index in [9.17, 15) is 0 Å². The van der Waals surface area contributed by atoms with Gasteiger partial charge in [-0.2, -0.15) is 0 Å². The standard InChI is InChI=1S/C20H50N4O2S4Si2/c1-21(2)17-19(23(5)6)25-31(9)15-11-13-27-29-30-28-14-12-16-32(10)26-20(24(7)8)18-22(3)4/h19-20,31-32H,11-18H2,1-10H3. The summed E-state index contributed by atoms with van der Waals surface area (Å²) in [6.45, 7) is 6.60. The minimum atomic E-state index is -1.10. The van der Waals surface area contributed by atoms with Crippen LogP contribution < -0.4 is 0 Å². The Balaban J connectivity index is 3.70. The van der Waals surface area contributed by atoms with Gasteiger partial charge in [0.15, 0.2) is 18.1 Å².